The fraction of sp³-hybridized carbons (Fsp3) is 0.562. The third-order valence-corrected chi connectivity index (χ3v) is 9.08. The fourth-order valence-electron chi connectivity index (χ4n) is 6.67. The number of hydrogen-bond donors (Lipinski definition) is 1. The van der Waals surface area contributed by atoms with Gasteiger partial charge in [0.15, 0.2) is 0 Å². The smallest absolute Gasteiger partial charge is 0.308 e. The summed E-state index contributed by atoms with van der Waals surface area (Å²) in [5.74, 6) is -0.930. The first-order valence-electron chi connectivity index (χ1n) is 14.9. The zero-order chi connectivity index (χ0) is 29.1. The lowest BCUT2D eigenvalue weighted by Gasteiger charge is -2.31. The number of ether oxygens (including phenoxy) is 1. The van der Waals surface area contributed by atoms with Crippen molar-refractivity contribution in [2.45, 2.75) is 64.8 Å². The van der Waals surface area contributed by atoms with E-state index in [-0.39, 0.29) is 30.3 Å². The molecule has 2 amide bonds. The van der Waals surface area contributed by atoms with Crippen LogP contribution in [0, 0.1) is 11.3 Å². The largest absolute Gasteiger partial charge is 0.493 e. The normalized spacial score (nSPS) is 23.4. The first-order chi connectivity index (χ1) is 19.7. The molecule has 3 atom stereocenters. The van der Waals surface area contributed by atoms with E-state index in [0.717, 1.165) is 48.2 Å². The maximum atomic E-state index is 13.8. The second kappa shape index (κ2) is 12.2. The molecule has 1 N–H and O–H groups in total. The lowest BCUT2D eigenvalue weighted by molar-refractivity contribution is -0.143. The Hall–Kier alpha value is -3.46. The minimum atomic E-state index is -0.866. The van der Waals surface area contributed by atoms with E-state index in [0.29, 0.717) is 39.2 Å². The highest BCUT2D eigenvalue weighted by atomic mass is 16.5. The first kappa shape index (κ1) is 29.0. The number of hydrogen-bond acceptors (Lipinski definition) is 6. The summed E-state index contributed by atoms with van der Waals surface area (Å²) in [6.07, 6.45) is 7.29. The quantitative estimate of drug-likeness (QED) is 0.442. The van der Waals surface area contributed by atoms with Crippen molar-refractivity contribution in [2.75, 3.05) is 44.2 Å². The van der Waals surface area contributed by atoms with E-state index < -0.39 is 17.3 Å². The van der Waals surface area contributed by atoms with Crippen LogP contribution in [-0.4, -0.2) is 83.0 Å². The molecule has 0 radical (unpaired) electrons. The Bertz CT molecular complexity index is 1270. The van der Waals surface area contributed by atoms with Crippen LogP contribution in [0.3, 0.4) is 0 Å². The Kier molecular flexibility index (Phi) is 8.63. The number of pyridine rings is 1. The Morgan fingerprint density at radius 3 is 2.76 bits per heavy atom. The second-order valence-corrected chi connectivity index (χ2v) is 12.3. The van der Waals surface area contributed by atoms with E-state index in [1.54, 1.807) is 17.3 Å². The van der Waals surface area contributed by atoms with Gasteiger partial charge in [-0.1, -0.05) is 39.3 Å². The Balaban J connectivity index is 1.42. The molecule has 1 aromatic heterocycles. The molecule has 0 saturated carbocycles. The molecule has 3 aliphatic heterocycles. The van der Waals surface area contributed by atoms with Crippen LogP contribution in [0.1, 0.15) is 63.5 Å². The van der Waals surface area contributed by atoms with Gasteiger partial charge in [-0.05, 0) is 48.6 Å². The summed E-state index contributed by atoms with van der Waals surface area (Å²) >= 11 is 0. The third-order valence-electron chi connectivity index (χ3n) is 9.08. The number of rotatable bonds is 11. The molecule has 3 aliphatic rings. The number of amides is 2. The number of carboxylic acids is 1. The van der Waals surface area contributed by atoms with E-state index in [9.17, 15) is 19.5 Å². The predicted octanol–water partition coefficient (Wildman–Crippen LogP) is 3.97. The van der Waals surface area contributed by atoms with Crippen LogP contribution in [0.2, 0.25) is 0 Å². The zero-order valence-corrected chi connectivity index (χ0v) is 24.4. The summed E-state index contributed by atoms with van der Waals surface area (Å²) in [5, 5.41) is 10.6. The van der Waals surface area contributed by atoms with Crippen molar-refractivity contribution in [3.05, 3.63) is 53.9 Å². The second-order valence-electron chi connectivity index (χ2n) is 12.3. The standard InChI is InChI=1S/C32H42N4O5/c1-4-5-14-36(24-7-6-13-33-19-24)28(37)21-35-20-25(22-8-9-27-23(18-22)11-17-41-27)29(30(38)39)26(35)10-15-34-16-12-32(2,3)31(34)40/h6-9,13,18-19,25-26,29H,4-5,10-12,14-17,20-21H2,1-3H3,(H,38,39)/t25-,26+,29-/m1/s1. The highest BCUT2D eigenvalue weighted by Crippen LogP contribution is 2.41. The minimum absolute atomic E-state index is 0.0676. The van der Waals surface area contributed by atoms with Crippen molar-refractivity contribution in [1.82, 2.24) is 14.8 Å². The molecule has 2 aromatic rings. The zero-order valence-electron chi connectivity index (χ0n) is 24.4. The van der Waals surface area contributed by atoms with Crippen LogP contribution in [0.4, 0.5) is 5.69 Å². The van der Waals surface area contributed by atoms with E-state index >= 15 is 0 Å². The number of aromatic nitrogens is 1. The number of carbonyl (C=O) groups is 3. The van der Waals surface area contributed by atoms with Gasteiger partial charge >= 0.3 is 5.97 Å². The molecule has 0 bridgehead atoms. The van der Waals surface area contributed by atoms with Gasteiger partial charge < -0.3 is 19.6 Å². The van der Waals surface area contributed by atoms with E-state index in [2.05, 4.69) is 22.9 Å². The summed E-state index contributed by atoms with van der Waals surface area (Å²) in [7, 11) is 0. The number of nitrogens with zero attached hydrogens (tertiary/aromatic N) is 4. The van der Waals surface area contributed by atoms with Gasteiger partial charge in [-0.3, -0.25) is 24.3 Å². The van der Waals surface area contributed by atoms with Crippen LogP contribution < -0.4 is 9.64 Å². The van der Waals surface area contributed by atoms with Crippen molar-refractivity contribution in [1.29, 1.82) is 0 Å². The maximum absolute atomic E-state index is 13.8. The summed E-state index contributed by atoms with van der Waals surface area (Å²) < 4.78 is 5.69. The topological polar surface area (TPSA) is 103 Å². The number of carboxylic acid groups (broad SMARTS) is 1. The van der Waals surface area contributed by atoms with Gasteiger partial charge in [0.1, 0.15) is 5.75 Å². The summed E-state index contributed by atoms with van der Waals surface area (Å²) in [4.78, 5) is 49.6. The molecule has 0 spiro atoms. The van der Waals surface area contributed by atoms with Crippen LogP contribution in [0.5, 0.6) is 5.75 Å². The molecule has 9 heteroatoms. The van der Waals surface area contributed by atoms with Gasteiger partial charge in [0.2, 0.25) is 11.8 Å². The monoisotopic (exact) mass is 562 g/mol. The first-order valence-corrected chi connectivity index (χ1v) is 14.9. The van der Waals surface area contributed by atoms with Crippen molar-refractivity contribution in [3.63, 3.8) is 0 Å². The van der Waals surface area contributed by atoms with Crippen molar-refractivity contribution < 1.29 is 24.2 Å². The molecule has 9 nitrogen and oxygen atoms in total. The highest BCUT2D eigenvalue weighted by molar-refractivity contribution is 5.94. The Morgan fingerprint density at radius 2 is 2.07 bits per heavy atom. The van der Waals surface area contributed by atoms with E-state index in [1.165, 1.54) is 0 Å². The molecule has 41 heavy (non-hydrogen) atoms. The van der Waals surface area contributed by atoms with Gasteiger partial charge in [0.25, 0.3) is 0 Å². The molecule has 4 heterocycles. The van der Waals surface area contributed by atoms with Gasteiger partial charge in [0.05, 0.1) is 31.0 Å². The number of benzene rings is 1. The van der Waals surface area contributed by atoms with Gasteiger partial charge in [-0.2, -0.15) is 0 Å². The van der Waals surface area contributed by atoms with Crippen molar-refractivity contribution in [3.8, 4) is 5.75 Å². The Morgan fingerprint density at radius 1 is 1.24 bits per heavy atom. The molecular weight excluding hydrogens is 520 g/mol. The minimum Gasteiger partial charge on any atom is -0.493 e. The number of aliphatic carboxylic acids is 1. The summed E-state index contributed by atoms with van der Waals surface area (Å²) in [6.45, 7) is 8.96. The molecule has 0 aliphatic carbocycles. The number of fused-ring (bicyclic) bond motifs is 1. The van der Waals surface area contributed by atoms with Crippen LogP contribution in [-0.2, 0) is 20.8 Å². The molecular formula is C32H42N4O5. The van der Waals surface area contributed by atoms with Crippen LogP contribution in [0.25, 0.3) is 0 Å². The highest BCUT2D eigenvalue weighted by Gasteiger charge is 2.48. The molecule has 1 aromatic carbocycles. The Labute approximate surface area is 242 Å². The predicted molar refractivity (Wildman–Crippen MR) is 156 cm³/mol. The number of anilines is 1. The van der Waals surface area contributed by atoms with Gasteiger partial charge in [-0.15, -0.1) is 0 Å². The van der Waals surface area contributed by atoms with Crippen molar-refractivity contribution >= 4 is 23.5 Å². The van der Waals surface area contributed by atoms with Crippen molar-refractivity contribution in [2.24, 2.45) is 11.3 Å². The summed E-state index contributed by atoms with van der Waals surface area (Å²) in [5.41, 5.74) is 2.42. The third kappa shape index (κ3) is 6.10. The molecule has 5 rings (SSSR count). The van der Waals surface area contributed by atoms with E-state index in [1.807, 2.05) is 43.0 Å². The molecule has 2 fully saturated rings. The lowest BCUT2D eigenvalue weighted by Crippen LogP contribution is -2.46. The lowest BCUT2D eigenvalue weighted by atomic mass is 9.83. The number of likely N-dealkylation sites (tertiary alicyclic amines) is 2. The van der Waals surface area contributed by atoms with Crippen LogP contribution in [0.15, 0.2) is 42.7 Å². The van der Waals surface area contributed by atoms with Crippen LogP contribution >= 0.6 is 0 Å². The molecule has 220 valence electrons. The number of unbranched alkanes of at least 4 members (excludes halogenated alkanes) is 1. The summed E-state index contributed by atoms with van der Waals surface area (Å²) in [6, 6.07) is 9.33. The molecule has 2 saturated heterocycles. The van der Waals surface area contributed by atoms with Gasteiger partial charge in [0, 0.05) is 56.2 Å². The maximum Gasteiger partial charge on any atom is 0.308 e. The fourth-order valence-corrected chi connectivity index (χ4v) is 6.67. The average molecular weight is 563 g/mol. The number of carbonyl (C=O) groups excluding carboxylic acids is 2. The van der Waals surface area contributed by atoms with Gasteiger partial charge in [-0.25, -0.2) is 0 Å². The average Bonchev–Trinajstić information content (AvgIpc) is 3.64. The SMILES string of the molecule is CCCCN(C(=O)CN1C[C@H](c2ccc3c(c2)CCO3)[C@@H](C(=O)O)[C@@H]1CCN1CCC(C)(C)C1=O)c1cccnc1. The van der Waals surface area contributed by atoms with E-state index in [4.69, 9.17) is 4.74 Å². The molecule has 0 unspecified atom stereocenters.